The normalized spacial score (nSPS) is 26.0. The second kappa shape index (κ2) is 5.05. The molecule has 1 heterocycles. The molecule has 1 saturated carbocycles. The van der Waals surface area contributed by atoms with E-state index in [4.69, 9.17) is 0 Å². The van der Waals surface area contributed by atoms with E-state index < -0.39 is 0 Å². The molecule has 0 spiro atoms. The van der Waals surface area contributed by atoms with E-state index in [1.54, 1.807) is 11.3 Å². The van der Waals surface area contributed by atoms with Crippen molar-refractivity contribution in [3.63, 3.8) is 0 Å². The van der Waals surface area contributed by atoms with E-state index in [-0.39, 0.29) is 0 Å². The highest BCUT2D eigenvalue weighted by molar-refractivity contribution is 7.09. The molecule has 2 atom stereocenters. The van der Waals surface area contributed by atoms with Crippen molar-refractivity contribution in [1.29, 1.82) is 0 Å². The molecule has 4 heteroatoms. The highest BCUT2D eigenvalue weighted by Gasteiger charge is 2.25. The number of nitrogens with zero attached hydrogens (tertiary/aromatic N) is 1. The van der Waals surface area contributed by atoms with Gasteiger partial charge in [-0.15, -0.1) is 11.3 Å². The molecule has 0 bridgehead atoms. The van der Waals surface area contributed by atoms with Gasteiger partial charge in [0.25, 0.3) is 0 Å². The van der Waals surface area contributed by atoms with Crippen LogP contribution in [-0.2, 0) is 6.54 Å². The summed E-state index contributed by atoms with van der Waals surface area (Å²) in [5.41, 5.74) is 3.02. The van der Waals surface area contributed by atoms with E-state index >= 15 is 0 Å². The van der Waals surface area contributed by atoms with Gasteiger partial charge < -0.3 is 10.4 Å². The van der Waals surface area contributed by atoms with Gasteiger partial charge in [0.1, 0.15) is 0 Å². The maximum absolute atomic E-state index is 9.20. The Morgan fingerprint density at radius 2 is 2.47 bits per heavy atom. The molecular formula is C11H18N2OS. The summed E-state index contributed by atoms with van der Waals surface area (Å²) in [6.07, 6.45) is 3.60. The molecule has 0 amide bonds. The third-order valence-corrected chi connectivity index (χ3v) is 4.20. The van der Waals surface area contributed by atoms with Crippen molar-refractivity contribution in [2.75, 3.05) is 6.61 Å². The number of aryl methyl sites for hydroxylation is 1. The van der Waals surface area contributed by atoms with Crippen molar-refractivity contribution < 1.29 is 5.11 Å². The lowest BCUT2D eigenvalue weighted by molar-refractivity contribution is 0.205. The topological polar surface area (TPSA) is 45.2 Å². The minimum Gasteiger partial charge on any atom is -0.396 e. The van der Waals surface area contributed by atoms with E-state index in [9.17, 15) is 5.11 Å². The van der Waals surface area contributed by atoms with Crippen LogP contribution in [0.25, 0.3) is 0 Å². The van der Waals surface area contributed by atoms with Gasteiger partial charge in [-0.3, -0.25) is 0 Å². The van der Waals surface area contributed by atoms with E-state index in [1.165, 1.54) is 17.7 Å². The van der Waals surface area contributed by atoms with Crippen LogP contribution in [0.2, 0.25) is 0 Å². The summed E-state index contributed by atoms with van der Waals surface area (Å²) in [5, 5.41) is 12.7. The van der Waals surface area contributed by atoms with Crippen molar-refractivity contribution in [3.05, 3.63) is 16.1 Å². The quantitative estimate of drug-likeness (QED) is 0.821. The molecular weight excluding hydrogens is 208 g/mol. The number of rotatable bonds is 4. The Balaban J connectivity index is 1.85. The van der Waals surface area contributed by atoms with Crippen LogP contribution in [-0.4, -0.2) is 22.7 Å². The average molecular weight is 226 g/mol. The molecule has 0 aliphatic heterocycles. The molecule has 2 unspecified atom stereocenters. The largest absolute Gasteiger partial charge is 0.396 e. The molecule has 0 aromatic carbocycles. The van der Waals surface area contributed by atoms with Crippen LogP contribution in [0.3, 0.4) is 0 Å². The Bertz CT molecular complexity index is 313. The molecule has 2 rings (SSSR count). The van der Waals surface area contributed by atoms with Crippen LogP contribution in [0.1, 0.15) is 29.8 Å². The van der Waals surface area contributed by atoms with E-state index in [1.807, 2.05) is 12.4 Å². The van der Waals surface area contributed by atoms with Gasteiger partial charge in [-0.05, 0) is 25.7 Å². The van der Waals surface area contributed by atoms with Gasteiger partial charge in [-0.25, -0.2) is 4.98 Å². The van der Waals surface area contributed by atoms with Crippen molar-refractivity contribution >= 4 is 11.3 Å². The Labute approximate surface area is 94.5 Å². The zero-order valence-electron chi connectivity index (χ0n) is 9.07. The average Bonchev–Trinajstić information content (AvgIpc) is 2.83. The van der Waals surface area contributed by atoms with Gasteiger partial charge in [0.15, 0.2) is 0 Å². The highest BCUT2D eigenvalue weighted by atomic mass is 32.1. The Hall–Kier alpha value is -0.450. The van der Waals surface area contributed by atoms with Crippen molar-refractivity contribution in [2.45, 2.75) is 38.8 Å². The smallest absolute Gasteiger partial charge is 0.0798 e. The van der Waals surface area contributed by atoms with Gasteiger partial charge >= 0.3 is 0 Å². The Kier molecular flexibility index (Phi) is 3.72. The second-order valence-corrected chi connectivity index (χ2v) is 5.16. The summed E-state index contributed by atoms with van der Waals surface area (Å²) in [4.78, 5) is 5.55. The van der Waals surface area contributed by atoms with Crippen LogP contribution < -0.4 is 5.32 Å². The van der Waals surface area contributed by atoms with E-state index in [0.717, 1.165) is 18.7 Å². The molecule has 1 aromatic heterocycles. The zero-order valence-corrected chi connectivity index (χ0v) is 9.89. The fraction of sp³-hybridized carbons (Fsp3) is 0.727. The van der Waals surface area contributed by atoms with Gasteiger partial charge in [0, 0.05) is 24.1 Å². The fourth-order valence-electron chi connectivity index (χ4n) is 2.24. The molecule has 0 radical (unpaired) electrons. The SMILES string of the molecule is Cc1ncsc1CNC1CCCC1CO. The molecule has 84 valence electrons. The molecule has 1 fully saturated rings. The van der Waals surface area contributed by atoms with Gasteiger partial charge in [-0.1, -0.05) is 6.42 Å². The van der Waals surface area contributed by atoms with Crippen LogP contribution in [0.5, 0.6) is 0 Å². The predicted molar refractivity (Wildman–Crippen MR) is 61.9 cm³/mol. The van der Waals surface area contributed by atoms with Gasteiger partial charge in [0.2, 0.25) is 0 Å². The Morgan fingerprint density at radius 3 is 3.13 bits per heavy atom. The van der Waals surface area contributed by atoms with E-state index in [0.29, 0.717) is 18.6 Å². The molecule has 1 aliphatic carbocycles. The summed E-state index contributed by atoms with van der Waals surface area (Å²) < 4.78 is 0. The maximum Gasteiger partial charge on any atom is 0.0798 e. The third kappa shape index (κ3) is 2.56. The lowest BCUT2D eigenvalue weighted by Crippen LogP contribution is -2.33. The molecule has 3 nitrogen and oxygen atoms in total. The molecule has 1 aliphatic rings. The summed E-state index contributed by atoms with van der Waals surface area (Å²) in [6, 6.07) is 0.497. The summed E-state index contributed by atoms with van der Waals surface area (Å²) in [6.45, 7) is 3.27. The predicted octanol–water partition coefficient (Wildman–Crippen LogP) is 1.70. The van der Waals surface area contributed by atoms with Crippen molar-refractivity contribution in [3.8, 4) is 0 Å². The second-order valence-electron chi connectivity index (χ2n) is 4.22. The van der Waals surface area contributed by atoms with Crippen LogP contribution in [0.15, 0.2) is 5.51 Å². The first-order valence-corrected chi connectivity index (χ1v) is 6.42. The number of aliphatic hydroxyl groups is 1. The van der Waals surface area contributed by atoms with Crippen molar-refractivity contribution in [2.24, 2.45) is 5.92 Å². The maximum atomic E-state index is 9.20. The summed E-state index contributed by atoms with van der Waals surface area (Å²) in [5.74, 6) is 0.457. The lowest BCUT2D eigenvalue weighted by atomic mass is 10.1. The summed E-state index contributed by atoms with van der Waals surface area (Å²) in [7, 11) is 0. The first kappa shape index (κ1) is 11.0. The number of hydrogen-bond acceptors (Lipinski definition) is 4. The fourth-order valence-corrected chi connectivity index (χ4v) is 2.97. The van der Waals surface area contributed by atoms with Crippen LogP contribution in [0.4, 0.5) is 0 Å². The van der Waals surface area contributed by atoms with Crippen LogP contribution in [0, 0.1) is 12.8 Å². The highest BCUT2D eigenvalue weighted by Crippen LogP contribution is 2.25. The minimum absolute atomic E-state index is 0.319. The minimum atomic E-state index is 0.319. The summed E-state index contributed by atoms with van der Waals surface area (Å²) >= 11 is 1.71. The van der Waals surface area contributed by atoms with Crippen molar-refractivity contribution in [1.82, 2.24) is 10.3 Å². The number of thiazole rings is 1. The van der Waals surface area contributed by atoms with Gasteiger partial charge in [0.05, 0.1) is 11.2 Å². The molecule has 0 saturated heterocycles. The standard InChI is InChI=1S/C11H18N2OS/c1-8-11(15-7-13-8)5-12-10-4-2-3-9(10)6-14/h7,9-10,12,14H,2-6H2,1H3. The first-order valence-electron chi connectivity index (χ1n) is 5.54. The molecule has 1 aromatic rings. The van der Waals surface area contributed by atoms with Crippen LogP contribution >= 0.6 is 11.3 Å². The zero-order chi connectivity index (χ0) is 10.7. The Morgan fingerprint density at radius 1 is 1.60 bits per heavy atom. The molecule has 15 heavy (non-hydrogen) atoms. The first-order chi connectivity index (χ1) is 7.31. The number of aromatic nitrogens is 1. The third-order valence-electron chi connectivity index (χ3n) is 3.26. The monoisotopic (exact) mass is 226 g/mol. The number of hydrogen-bond donors (Lipinski definition) is 2. The van der Waals surface area contributed by atoms with Gasteiger partial charge in [-0.2, -0.15) is 0 Å². The number of aliphatic hydroxyl groups excluding tert-OH is 1. The number of nitrogens with one attached hydrogen (secondary N) is 1. The lowest BCUT2D eigenvalue weighted by Gasteiger charge is -2.18. The molecule has 2 N–H and O–H groups in total. The van der Waals surface area contributed by atoms with E-state index in [2.05, 4.69) is 10.3 Å².